The molecule has 5 aliphatic carbocycles. The molecule has 7 aliphatic rings. The first kappa shape index (κ1) is 41.0. The topological polar surface area (TPSA) is 196 Å². The quantitative estimate of drug-likeness (QED) is 0.153. The molecule has 2 heterocycles. The Morgan fingerprint density at radius 2 is 1.41 bits per heavy atom. The van der Waals surface area contributed by atoms with E-state index in [9.17, 15) is 40.5 Å². The van der Waals surface area contributed by atoms with Crippen LogP contribution in [-0.4, -0.2) is 116 Å². The molecule has 18 atom stereocenters. The minimum absolute atomic E-state index is 0.00847. The summed E-state index contributed by atoms with van der Waals surface area (Å²) < 4.78 is 24.6. The molecule has 7 N–H and O–H groups in total. The molecule has 54 heavy (non-hydrogen) atoms. The molecule has 0 aromatic rings. The zero-order valence-corrected chi connectivity index (χ0v) is 33.6. The summed E-state index contributed by atoms with van der Waals surface area (Å²) in [5, 5.41) is 73.9. The fraction of sp³-hybridized carbons (Fsp3) is 0.929. The highest BCUT2D eigenvalue weighted by molar-refractivity contribution is 5.80. The normalized spacial score (nSPS) is 53.9. The van der Waals surface area contributed by atoms with Crippen LogP contribution in [0.3, 0.4) is 0 Å². The molecule has 12 nitrogen and oxygen atoms in total. The van der Waals surface area contributed by atoms with Gasteiger partial charge in [-0.1, -0.05) is 60.1 Å². The van der Waals surface area contributed by atoms with Crippen molar-refractivity contribution in [2.45, 2.75) is 187 Å². The molecule has 0 aromatic carbocycles. The number of aliphatic hydroxyl groups excluding tert-OH is 6. The fourth-order valence-corrected chi connectivity index (χ4v) is 13.7. The van der Waals surface area contributed by atoms with Gasteiger partial charge >= 0.3 is 5.97 Å². The molecule has 0 radical (unpaired) electrons. The molecule has 0 aromatic heterocycles. The Kier molecular flexibility index (Phi) is 10.4. The summed E-state index contributed by atoms with van der Waals surface area (Å²) >= 11 is 0. The van der Waals surface area contributed by atoms with Crippen LogP contribution in [0.2, 0.25) is 0 Å². The molecular weight excluding hydrogens is 696 g/mol. The largest absolute Gasteiger partial charge is 0.481 e. The van der Waals surface area contributed by atoms with E-state index in [1.54, 1.807) is 6.92 Å². The van der Waals surface area contributed by atoms with E-state index in [-0.39, 0.29) is 39.1 Å². The third-order valence-corrected chi connectivity index (χ3v) is 17.2. The lowest BCUT2D eigenvalue weighted by atomic mass is 9.32. The smallest absolute Gasteiger partial charge is 0.313 e. The number of fused-ring (bicyclic) bond motifs is 7. The lowest BCUT2D eigenvalue weighted by Gasteiger charge is -2.72. The Bertz CT molecular complexity index is 1460. The van der Waals surface area contributed by atoms with Crippen molar-refractivity contribution in [3.63, 3.8) is 0 Å². The number of carboxylic acids is 1. The predicted molar refractivity (Wildman–Crippen MR) is 197 cm³/mol. The predicted octanol–water partition coefficient (Wildman–Crippen LogP) is 3.91. The van der Waals surface area contributed by atoms with E-state index in [1.165, 1.54) is 5.57 Å². The molecule has 308 valence electrons. The number of aliphatic hydroxyl groups is 6. The Balaban J connectivity index is 1.13. The number of rotatable bonds is 6. The molecule has 0 amide bonds. The van der Waals surface area contributed by atoms with Crippen LogP contribution in [0.4, 0.5) is 0 Å². The summed E-state index contributed by atoms with van der Waals surface area (Å²) in [6, 6.07) is 0. The van der Waals surface area contributed by atoms with Gasteiger partial charge in [0.2, 0.25) is 0 Å². The number of carboxylic acid groups (broad SMARTS) is 1. The van der Waals surface area contributed by atoms with Gasteiger partial charge in [0.15, 0.2) is 12.6 Å². The van der Waals surface area contributed by atoms with Gasteiger partial charge in [-0.25, -0.2) is 0 Å². The van der Waals surface area contributed by atoms with Crippen molar-refractivity contribution < 1.29 is 59.5 Å². The summed E-state index contributed by atoms with van der Waals surface area (Å²) in [5.41, 5.74) is 0.154. The Morgan fingerprint density at radius 1 is 0.722 bits per heavy atom. The lowest BCUT2D eigenvalue weighted by molar-refractivity contribution is -0.375. The molecule has 0 bridgehead atoms. The van der Waals surface area contributed by atoms with E-state index in [2.05, 4.69) is 54.5 Å². The van der Waals surface area contributed by atoms with Gasteiger partial charge in [0.05, 0.1) is 24.2 Å². The van der Waals surface area contributed by atoms with Gasteiger partial charge < -0.3 is 54.7 Å². The van der Waals surface area contributed by atoms with Crippen molar-refractivity contribution in [3.8, 4) is 0 Å². The Labute approximate surface area is 320 Å². The first-order valence-electron chi connectivity index (χ1n) is 20.7. The molecule has 12 heteroatoms. The second kappa shape index (κ2) is 13.7. The molecule has 0 spiro atoms. The van der Waals surface area contributed by atoms with Crippen molar-refractivity contribution in [3.05, 3.63) is 11.6 Å². The maximum Gasteiger partial charge on any atom is 0.313 e. The average molecular weight is 765 g/mol. The molecule has 2 aliphatic heterocycles. The van der Waals surface area contributed by atoms with Crippen molar-refractivity contribution in [2.75, 3.05) is 6.61 Å². The van der Waals surface area contributed by atoms with E-state index < -0.39 is 79.4 Å². The van der Waals surface area contributed by atoms with Crippen molar-refractivity contribution >= 4 is 5.97 Å². The van der Waals surface area contributed by atoms with E-state index >= 15 is 0 Å². The standard InChI is InChI=1S/C42H68O12/c1-21-28(44)31(47)33(54-34-32(48)30(46)29(45)24(20-43)52-34)35(51-21)53-27-12-13-39(6)25(38(27,4)5)11-14-41(8)26(39)10-9-22-23-19-37(2,3)15-17-42(23,36(49)50)18-16-40(22,41)7/h19,21-22,24-35,43-48H,9-18,20H2,1-8H3,(H,49,50)/t21-,22+,24+,25-,26+,27-,28-,29+,30-,31+,32+,33+,34-,35-,39-,40+,41+,42-/m0/s1. The van der Waals surface area contributed by atoms with Gasteiger partial charge in [-0.3, -0.25) is 4.79 Å². The molecular formula is C42H68O12. The Morgan fingerprint density at radius 3 is 2.07 bits per heavy atom. The summed E-state index contributed by atoms with van der Waals surface area (Å²) in [5.74, 6) is 0.361. The third-order valence-electron chi connectivity index (χ3n) is 17.2. The minimum atomic E-state index is -1.70. The van der Waals surface area contributed by atoms with Crippen LogP contribution >= 0.6 is 0 Å². The molecule has 4 saturated carbocycles. The fourth-order valence-electron chi connectivity index (χ4n) is 13.7. The zero-order valence-electron chi connectivity index (χ0n) is 33.6. The zero-order chi connectivity index (χ0) is 39.6. The SMILES string of the molecule is C[C@@H]1O[C@@H](O[C@H]2CC[C@]3(C)[C@H]4CC[C@@H]5C6=CC(C)(C)CC[C@]6(C(=O)O)CC[C@@]5(C)[C@]4(C)CC[C@H]3C2(C)C)[C@H](O[C@@H]2O[C@H](CO)[C@@H](O)[C@H](O)[C@H]2O)[C@H](O)[C@H]1O. The Hall–Kier alpha value is -1.19. The maximum absolute atomic E-state index is 13.0. The second-order valence-electron chi connectivity index (χ2n) is 20.6. The van der Waals surface area contributed by atoms with Crippen LogP contribution in [0.15, 0.2) is 11.6 Å². The lowest BCUT2D eigenvalue weighted by Crippen LogP contribution is -2.67. The minimum Gasteiger partial charge on any atom is -0.481 e. The van der Waals surface area contributed by atoms with Crippen molar-refractivity contribution in [1.82, 2.24) is 0 Å². The second-order valence-corrected chi connectivity index (χ2v) is 20.6. The monoisotopic (exact) mass is 764 g/mol. The highest BCUT2D eigenvalue weighted by Crippen LogP contribution is 2.76. The van der Waals surface area contributed by atoms with Crippen LogP contribution in [-0.2, 0) is 23.7 Å². The van der Waals surface area contributed by atoms with Crippen LogP contribution in [0.5, 0.6) is 0 Å². The first-order chi connectivity index (χ1) is 25.1. The summed E-state index contributed by atoms with van der Waals surface area (Å²) in [4.78, 5) is 13.0. The van der Waals surface area contributed by atoms with Crippen LogP contribution in [0, 0.1) is 50.2 Å². The van der Waals surface area contributed by atoms with Gasteiger partial charge in [0.25, 0.3) is 0 Å². The number of hydrogen-bond acceptors (Lipinski definition) is 11. The highest BCUT2D eigenvalue weighted by Gasteiger charge is 2.70. The van der Waals surface area contributed by atoms with Crippen molar-refractivity contribution in [1.29, 1.82) is 0 Å². The number of carbonyl (C=O) groups is 1. The van der Waals surface area contributed by atoms with Crippen LogP contribution < -0.4 is 0 Å². The molecule has 7 rings (SSSR count). The van der Waals surface area contributed by atoms with Gasteiger partial charge in [-0.15, -0.1) is 0 Å². The summed E-state index contributed by atoms with van der Waals surface area (Å²) in [6.45, 7) is 17.5. The molecule has 6 fully saturated rings. The highest BCUT2D eigenvalue weighted by atomic mass is 16.8. The molecule has 2 saturated heterocycles. The summed E-state index contributed by atoms with van der Waals surface area (Å²) in [7, 11) is 0. The van der Waals surface area contributed by atoms with Gasteiger partial charge in [0, 0.05) is 0 Å². The average Bonchev–Trinajstić information content (AvgIpc) is 3.10. The van der Waals surface area contributed by atoms with Crippen LogP contribution in [0.25, 0.3) is 0 Å². The maximum atomic E-state index is 13.0. The number of hydrogen-bond donors (Lipinski definition) is 7. The molecule has 0 unspecified atom stereocenters. The van der Waals surface area contributed by atoms with E-state index in [0.717, 1.165) is 57.8 Å². The third kappa shape index (κ3) is 5.93. The van der Waals surface area contributed by atoms with E-state index in [1.807, 2.05) is 0 Å². The number of ether oxygens (including phenoxy) is 4. The van der Waals surface area contributed by atoms with E-state index in [4.69, 9.17) is 18.9 Å². The van der Waals surface area contributed by atoms with E-state index in [0.29, 0.717) is 18.3 Å². The van der Waals surface area contributed by atoms with Gasteiger partial charge in [-0.05, 0) is 116 Å². The van der Waals surface area contributed by atoms with Gasteiger partial charge in [0.1, 0.15) is 42.7 Å². The van der Waals surface area contributed by atoms with Gasteiger partial charge in [-0.2, -0.15) is 0 Å². The number of allylic oxidation sites excluding steroid dienone is 1. The van der Waals surface area contributed by atoms with Crippen molar-refractivity contribution in [2.24, 2.45) is 50.2 Å². The van der Waals surface area contributed by atoms with Crippen LogP contribution in [0.1, 0.15) is 120 Å². The first-order valence-corrected chi connectivity index (χ1v) is 20.7. The summed E-state index contributed by atoms with van der Waals surface area (Å²) in [6.07, 6.45) is -2.67. The number of aliphatic carboxylic acids is 1.